The van der Waals surface area contributed by atoms with Gasteiger partial charge in [-0.1, -0.05) is 0 Å². The van der Waals surface area contributed by atoms with Crippen LogP contribution in [0.4, 0.5) is 5.69 Å². The van der Waals surface area contributed by atoms with E-state index < -0.39 is 11.5 Å². The highest BCUT2D eigenvalue weighted by molar-refractivity contribution is 6.08. The summed E-state index contributed by atoms with van der Waals surface area (Å²) in [5, 5.41) is 10.5. The highest BCUT2D eigenvalue weighted by atomic mass is 16.5. The molecule has 96 valence electrons. The summed E-state index contributed by atoms with van der Waals surface area (Å²) in [6.45, 7) is 1.35. The van der Waals surface area contributed by atoms with E-state index >= 15 is 0 Å². The Morgan fingerprint density at radius 1 is 1.50 bits per heavy atom. The van der Waals surface area contributed by atoms with Crippen molar-refractivity contribution in [3.8, 4) is 5.75 Å². The number of methoxy groups -OCH3 is 1. The third-order valence-electron chi connectivity index (χ3n) is 3.18. The first-order valence-corrected chi connectivity index (χ1v) is 5.58. The van der Waals surface area contributed by atoms with Crippen molar-refractivity contribution in [2.45, 2.75) is 18.9 Å². The van der Waals surface area contributed by atoms with Crippen molar-refractivity contribution in [2.75, 3.05) is 19.1 Å². The fourth-order valence-corrected chi connectivity index (χ4v) is 2.30. The molecular weight excluding hydrogens is 234 g/mol. The summed E-state index contributed by atoms with van der Waals surface area (Å²) in [7, 11) is 3.10. The molecule has 0 fully saturated rings. The molecule has 0 spiro atoms. The van der Waals surface area contributed by atoms with E-state index in [-0.39, 0.29) is 12.2 Å². The first-order chi connectivity index (χ1) is 8.40. The lowest BCUT2D eigenvalue weighted by Crippen LogP contribution is -2.39. The topological polar surface area (TPSA) is 66.8 Å². The van der Waals surface area contributed by atoms with Gasteiger partial charge in [-0.05, 0) is 19.1 Å². The number of Topliss-reactive ketones (excluding diaryl/α,β-unsaturated/α-hetero) is 1. The van der Waals surface area contributed by atoms with Crippen LogP contribution in [-0.2, 0) is 15.2 Å². The molecule has 5 heteroatoms. The maximum Gasteiger partial charge on any atom is 0.263 e. The molecule has 1 aliphatic heterocycles. The molecule has 5 nitrogen and oxygen atoms in total. The van der Waals surface area contributed by atoms with Crippen molar-refractivity contribution in [1.82, 2.24) is 0 Å². The number of anilines is 1. The van der Waals surface area contributed by atoms with Crippen LogP contribution in [0.25, 0.3) is 0 Å². The highest BCUT2D eigenvalue weighted by Gasteiger charge is 2.49. The number of ketones is 1. The predicted octanol–water partition coefficient (Wildman–Crippen LogP) is 0.838. The van der Waals surface area contributed by atoms with E-state index in [0.717, 1.165) is 0 Å². The summed E-state index contributed by atoms with van der Waals surface area (Å²) in [5.74, 6) is -0.121. The number of likely N-dealkylation sites (N-methyl/N-ethyl adjacent to an activating group) is 1. The number of hydrogen-bond donors (Lipinski definition) is 1. The number of rotatable bonds is 3. The molecule has 1 N–H and O–H groups in total. The molecule has 2 rings (SSSR count). The molecule has 0 bridgehead atoms. The fraction of sp³-hybridized carbons (Fsp3) is 0.385. The number of aliphatic hydroxyl groups is 1. The number of amides is 1. The van der Waals surface area contributed by atoms with Gasteiger partial charge in [0.2, 0.25) is 0 Å². The smallest absolute Gasteiger partial charge is 0.263 e. The molecule has 0 unspecified atom stereocenters. The Morgan fingerprint density at radius 3 is 2.72 bits per heavy atom. The number of hydrogen-bond acceptors (Lipinski definition) is 4. The van der Waals surface area contributed by atoms with Gasteiger partial charge in [-0.15, -0.1) is 0 Å². The van der Waals surface area contributed by atoms with Gasteiger partial charge in [0.05, 0.1) is 12.8 Å². The van der Waals surface area contributed by atoms with Gasteiger partial charge in [0.1, 0.15) is 11.5 Å². The van der Waals surface area contributed by atoms with Crippen molar-refractivity contribution in [1.29, 1.82) is 0 Å². The van der Waals surface area contributed by atoms with Crippen LogP contribution in [-0.4, -0.2) is 31.0 Å². The monoisotopic (exact) mass is 249 g/mol. The van der Waals surface area contributed by atoms with E-state index in [2.05, 4.69) is 0 Å². The van der Waals surface area contributed by atoms with Crippen molar-refractivity contribution in [2.24, 2.45) is 0 Å². The van der Waals surface area contributed by atoms with Gasteiger partial charge < -0.3 is 14.7 Å². The van der Waals surface area contributed by atoms with Crippen LogP contribution < -0.4 is 9.64 Å². The Bertz CT molecular complexity index is 526. The second-order valence-electron chi connectivity index (χ2n) is 4.49. The average molecular weight is 249 g/mol. The summed E-state index contributed by atoms with van der Waals surface area (Å²) in [6, 6.07) is 4.96. The number of nitrogens with zero attached hydrogens (tertiary/aromatic N) is 1. The minimum absolute atomic E-state index is 0.213. The first-order valence-electron chi connectivity index (χ1n) is 5.58. The molecule has 18 heavy (non-hydrogen) atoms. The normalized spacial score (nSPS) is 22.0. The minimum atomic E-state index is -1.75. The Balaban J connectivity index is 2.55. The van der Waals surface area contributed by atoms with Crippen molar-refractivity contribution < 1.29 is 19.4 Å². The zero-order chi connectivity index (χ0) is 13.5. The van der Waals surface area contributed by atoms with E-state index in [1.807, 2.05) is 0 Å². The summed E-state index contributed by atoms with van der Waals surface area (Å²) in [5.41, 5.74) is -0.726. The Morgan fingerprint density at radius 2 is 2.17 bits per heavy atom. The van der Waals surface area contributed by atoms with Crippen LogP contribution in [0.3, 0.4) is 0 Å². The number of carbonyl (C=O) groups excluding carboxylic acids is 2. The van der Waals surface area contributed by atoms with Gasteiger partial charge in [0.15, 0.2) is 5.60 Å². The second kappa shape index (κ2) is 4.10. The van der Waals surface area contributed by atoms with E-state index in [4.69, 9.17) is 4.74 Å². The lowest BCUT2D eigenvalue weighted by atomic mass is 9.90. The van der Waals surface area contributed by atoms with E-state index in [1.54, 1.807) is 25.2 Å². The zero-order valence-electron chi connectivity index (χ0n) is 10.6. The summed E-state index contributed by atoms with van der Waals surface area (Å²) in [6.07, 6.45) is -0.213. The van der Waals surface area contributed by atoms with Gasteiger partial charge in [-0.3, -0.25) is 9.59 Å². The molecule has 1 aromatic rings. The largest absolute Gasteiger partial charge is 0.497 e. The maximum absolute atomic E-state index is 12.1. The molecule has 0 aliphatic carbocycles. The summed E-state index contributed by atoms with van der Waals surface area (Å²) >= 11 is 0. The summed E-state index contributed by atoms with van der Waals surface area (Å²) in [4.78, 5) is 24.7. The number of fused-ring (bicyclic) bond motifs is 1. The fourth-order valence-electron chi connectivity index (χ4n) is 2.30. The average Bonchev–Trinajstić information content (AvgIpc) is 2.51. The molecule has 0 radical (unpaired) electrons. The predicted molar refractivity (Wildman–Crippen MR) is 65.6 cm³/mol. The minimum Gasteiger partial charge on any atom is -0.497 e. The lowest BCUT2D eigenvalue weighted by Gasteiger charge is -2.20. The van der Waals surface area contributed by atoms with Crippen LogP contribution in [0.2, 0.25) is 0 Å². The molecule has 0 aromatic heterocycles. The second-order valence-corrected chi connectivity index (χ2v) is 4.49. The van der Waals surface area contributed by atoms with E-state index in [1.165, 1.54) is 18.9 Å². The van der Waals surface area contributed by atoms with E-state index in [0.29, 0.717) is 17.0 Å². The molecule has 1 amide bonds. The van der Waals surface area contributed by atoms with Gasteiger partial charge in [0, 0.05) is 25.1 Å². The highest BCUT2D eigenvalue weighted by Crippen LogP contribution is 2.43. The molecule has 1 atom stereocenters. The summed E-state index contributed by atoms with van der Waals surface area (Å²) < 4.78 is 5.09. The van der Waals surface area contributed by atoms with E-state index in [9.17, 15) is 14.7 Å². The third kappa shape index (κ3) is 1.67. The zero-order valence-corrected chi connectivity index (χ0v) is 10.6. The number of carbonyl (C=O) groups is 2. The standard InChI is InChI=1S/C13H15NO4/c1-8(15)7-13(17)10-5-4-9(18-3)6-11(10)14(2)12(13)16/h4-6,17H,7H2,1-3H3/t13-/m1/s1. The van der Waals surface area contributed by atoms with Crippen LogP contribution >= 0.6 is 0 Å². The van der Waals surface area contributed by atoms with Gasteiger partial charge in [-0.25, -0.2) is 0 Å². The SMILES string of the molecule is COc1ccc2c(c1)N(C)C(=O)[C@@]2(O)CC(C)=O. The molecule has 1 aliphatic rings. The molecule has 1 aromatic carbocycles. The van der Waals surface area contributed by atoms with Crippen LogP contribution in [0.5, 0.6) is 5.75 Å². The van der Waals surface area contributed by atoms with Crippen molar-refractivity contribution in [3.63, 3.8) is 0 Å². The van der Waals surface area contributed by atoms with Crippen molar-refractivity contribution in [3.05, 3.63) is 23.8 Å². The number of benzene rings is 1. The lowest BCUT2D eigenvalue weighted by molar-refractivity contribution is -0.141. The van der Waals surface area contributed by atoms with Crippen molar-refractivity contribution >= 4 is 17.4 Å². The Kier molecular flexibility index (Phi) is 2.86. The Labute approximate surface area is 105 Å². The molecule has 0 saturated carbocycles. The number of ether oxygens (including phenoxy) is 1. The van der Waals surface area contributed by atoms with Crippen LogP contribution in [0.1, 0.15) is 18.9 Å². The van der Waals surface area contributed by atoms with Crippen LogP contribution in [0.15, 0.2) is 18.2 Å². The quantitative estimate of drug-likeness (QED) is 0.862. The van der Waals surface area contributed by atoms with Crippen LogP contribution in [0, 0.1) is 0 Å². The first kappa shape index (κ1) is 12.6. The van der Waals surface area contributed by atoms with Gasteiger partial charge in [-0.2, -0.15) is 0 Å². The Hall–Kier alpha value is -1.88. The third-order valence-corrected chi connectivity index (χ3v) is 3.18. The maximum atomic E-state index is 12.1. The van der Waals surface area contributed by atoms with Gasteiger partial charge >= 0.3 is 0 Å². The molecular formula is C13H15NO4. The molecule has 0 saturated heterocycles. The van der Waals surface area contributed by atoms with Gasteiger partial charge in [0.25, 0.3) is 5.91 Å². The molecule has 1 heterocycles.